The molecule has 1 aliphatic heterocycles. The molecule has 0 spiro atoms. The average molecular weight is 373 g/mol. The summed E-state index contributed by atoms with van der Waals surface area (Å²) < 4.78 is 14.3. The maximum Gasteiger partial charge on any atom is 0.307 e. The maximum atomic E-state index is 13.7. The highest BCUT2D eigenvalue weighted by Crippen LogP contribution is 2.22. The molecule has 0 bridgehead atoms. The molecule has 1 aromatic rings. The Bertz CT molecular complexity index is 582. The van der Waals surface area contributed by atoms with Gasteiger partial charge >= 0.3 is 5.97 Å². The summed E-state index contributed by atoms with van der Waals surface area (Å²) in [7, 11) is 0. The zero-order valence-electron chi connectivity index (χ0n) is 12.2. The molecule has 0 saturated carbocycles. The van der Waals surface area contributed by atoms with Gasteiger partial charge in [0.15, 0.2) is 0 Å². The number of hydrogen-bond donors (Lipinski definition) is 2. The van der Waals surface area contributed by atoms with E-state index in [2.05, 4.69) is 21.2 Å². The van der Waals surface area contributed by atoms with Crippen LogP contribution in [0.4, 0.5) is 10.1 Å². The van der Waals surface area contributed by atoms with Crippen molar-refractivity contribution in [3.05, 3.63) is 28.5 Å². The van der Waals surface area contributed by atoms with Gasteiger partial charge in [0.2, 0.25) is 5.91 Å². The minimum atomic E-state index is -0.837. The van der Waals surface area contributed by atoms with Crippen LogP contribution in [-0.2, 0) is 9.59 Å². The third-order valence-electron chi connectivity index (χ3n) is 3.66. The van der Waals surface area contributed by atoms with Crippen LogP contribution in [0.2, 0.25) is 0 Å². The van der Waals surface area contributed by atoms with Crippen LogP contribution in [0.15, 0.2) is 22.7 Å². The predicted molar refractivity (Wildman–Crippen MR) is 84.1 cm³/mol. The van der Waals surface area contributed by atoms with Gasteiger partial charge in [0.1, 0.15) is 5.82 Å². The molecule has 2 rings (SSSR count). The molecule has 1 aliphatic rings. The van der Waals surface area contributed by atoms with Gasteiger partial charge in [-0.3, -0.25) is 14.5 Å². The first-order valence-electron chi connectivity index (χ1n) is 7.05. The molecule has 1 saturated heterocycles. The number of carbonyl (C=O) groups is 2. The van der Waals surface area contributed by atoms with Gasteiger partial charge in [-0.15, -0.1) is 0 Å². The minimum Gasteiger partial charge on any atom is -0.481 e. The molecule has 22 heavy (non-hydrogen) atoms. The van der Waals surface area contributed by atoms with Gasteiger partial charge in [0.25, 0.3) is 0 Å². The van der Waals surface area contributed by atoms with Crippen LogP contribution < -0.4 is 5.32 Å². The quantitative estimate of drug-likeness (QED) is 0.851. The molecular formula is C15H18BrFN2O3. The molecule has 2 unspecified atom stereocenters. The number of likely N-dealkylation sites (tertiary alicyclic amines) is 1. The van der Waals surface area contributed by atoms with Crippen molar-refractivity contribution in [1.82, 2.24) is 4.90 Å². The lowest BCUT2D eigenvalue weighted by Crippen LogP contribution is -2.45. The average Bonchev–Trinajstić information content (AvgIpc) is 2.41. The van der Waals surface area contributed by atoms with Gasteiger partial charge < -0.3 is 10.4 Å². The number of benzene rings is 1. The first-order valence-corrected chi connectivity index (χ1v) is 7.84. The van der Waals surface area contributed by atoms with Crippen LogP contribution in [0, 0.1) is 17.7 Å². The number of hydrogen-bond acceptors (Lipinski definition) is 3. The van der Waals surface area contributed by atoms with Crippen LogP contribution in [0.1, 0.15) is 13.3 Å². The Hall–Kier alpha value is -1.47. The second-order valence-electron chi connectivity index (χ2n) is 5.74. The van der Waals surface area contributed by atoms with E-state index in [-0.39, 0.29) is 24.1 Å². The summed E-state index contributed by atoms with van der Waals surface area (Å²) in [4.78, 5) is 24.9. The van der Waals surface area contributed by atoms with E-state index in [1.807, 2.05) is 6.92 Å². The Balaban J connectivity index is 1.95. The molecule has 120 valence electrons. The van der Waals surface area contributed by atoms with Crippen molar-refractivity contribution in [2.45, 2.75) is 13.3 Å². The summed E-state index contributed by atoms with van der Waals surface area (Å²) in [5, 5.41) is 11.6. The number of rotatable bonds is 4. The number of carboxylic acid groups (broad SMARTS) is 1. The Morgan fingerprint density at radius 1 is 1.45 bits per heavy atom. The second kappa shape index (κ2) is 7.19. The number of halogens is 2. The van der Waals surface area contributed by atoms with E-state index in [1.165, 1.54) is 12.1 Å². The number of carbonyl (C=O) groups excluding carboxylic acids is 1. The highest BCUT2D eigenvalue weighted by atomic mass is 79.9. The lowest BCUT2D eigenvalue weighted by Gasteiger charge is -2.34. The fraction of sp³-hybridized carbons (Fsp3) is 0.467. The van der Waals surface area contributed by atoms with Crippen molar-refractivity contribution < 1.29 is 19.1 Å². The lowest BCUT2D eigenvalue weighted by atomic mass is 9.90. The monoisotopic (exact) mass is 372 g/mol. The first-order chi connectivity index (χ1) is 10.3. The molecule has 1 fully saturated rings. The molecule has 1 aromatic carbocycles. The maximum absolute atomic E-state index is 13.7. The number of anilines is 1. The zero-order chi connectivity index (χ0) is 16.3. The van der Waals surface area contributed by atoms with Gasteiger partial charge in [-0.1, -0.05) is 22.9 Å². The molecule has 2 N–H and O–H groups in total. The topological polar surface area (TPSA) is 69.6 Å². The molecule has 2 atom stereocenters. The molecule has 1 amide bonds. The van der Waals surface area contributed by atoms with Crippen LogP contribution in [0.5, 0.6) is 0 Å². The molecule has 0 radical (unpaired) electrons. The highest BCUT2D eigenvalue weighted by Gasteiger charge is 2.30. The van der Waals surface area contributed by atoms with Crippen molar-refractivity contribution in [2.75, 3.05) is 25.0 Å². The summed E-state index contributed by atoms with van der Waals surface area (Å²) in [5.41, 5.74) is 0.119. The van der Waals surface area contributed by atoms with Crippen LogP contribution in [0.25, 0.3) is 0 Å². The Morgan fingerprint density at radius 3 is 2.82 bits per heavy atom. The van der Waals surface area contributed by atoms with E-state index in [4.69, 9.17) is 5.11 Å². The predicted octanol–water partition coefficient (Wildman–Crippen LogP) is 2.57. The SMILES string of the molecule is CC1CC(C(=O)O)CN(CC(=O)Nc2ccc(Br)cc2F)C1. The van der Waals surface area contributed by atoms with Gasteiger partial charge in [-0.2, -0.15) is 0 Å². The van der Waals surface area contributed by atoms with Gasteiger partial charge in [0, 0.05) is 17.6 Å². The number of aliphatic carboxylic acids is 1. The molecule has 7 heteroatoms. The Labute approximate surface area is 136 Å². The summed E-state index contributed by atoms with van der Waals surface area (Å²) in [6.07, 6.45) is 0.620. The third-order valence-corrected chi connectivity index (χ3v) is 4.15. The van der Waals surface area contributed by atoms with E-state index in [9.17, 15) is 14.0 Å². The summed E-state index contributed by atoms with van der Waals surface area (Å²) >= 11 is 3.15. The molecule has 0 aliphatic carbocycles. The van der Waals surface area contributed by atoms with Crippen molar-refractivity contribution in [1.29, 1.82) is 0 Å². The zero-order valence-corrected chi connectivity index (χ0v) is 13.8. The fourth-order valence-electron chi connectivity index (χ4n) is 2.75. The minimum absolute atomic E-state index is 0.0592. The van der Waals surface area contributed by atoms with Crippen LogP contribution >= 0.6 is 15.9 Å². The van der Waals surface area contributed by atoms with Crippen molar-refractivity contribution in [3.63, 3.8) is 0 Å². The van der Waals surface area contributed by atoms with Crippen molar-refractivity contribution in [3.8, 4) is 0 Å². The van der Waals surface area contributed by atoms with Crippen molar-refractivity contribution in [2.24, 2.45) is 11.8 Å². The summed E-state index contributed by atoms with van der Waals surface area (Å²) in [5.74, 6) is -1.94. The number of nitrogens with zero attached hydrogens (tertiary/aromatic N) is 1. The van der Waals surface area contributed by atoms with E-state index in [0.29, 0.717) is 24.0 Å². The van der Waals surface area contributed by atoms with E-state index in [1.54, 1.807) is 11.0 Å². The second-order valence-corrected chi connectivity index (χ2v) is 6.66. The van der Waals surface area contributed by atoms with Gasteiger partial charge in [-0.05, 0) is 30.5 Å². The largest absolute Gasteiger partial charge is 0.481 e. The Morgan fingerprint density at radius 2 is 2.18 bits per heavy atom. The highest BCUT2D eigenvalue weighted by molar-refractivity contribution is 9.10. The van der Waals surface area contributed by atoms with Crippen LogP contribution in [0.3, 0.4) is 0 Å². The normalized spacial score (nSPS) is 22.3. The Kier molecular flexibility index (Phi) is 5.52. The number of amides is 1. The van der Waals surface area contributed by atoms with E-state index in [0.717, 1.165) is 0 Å². The molecule has 1 heterocycles. The fourth-order valence-corrected chi connectivity index (χ4v) is 3.09. The lowest BCUT2D eigenvalue weighted by molar-refractivity contribution is -0.144. The van der Waals surface area contributed by atoms with E-state index >= 15 is 0 Å². The summed E-state index contributed by atoms with van der Waals surface area (Å²) in [6.45, 7) is 3.04. The van der Waals surface area contributed by atoms with Crippen LogP contribution in [-0.4, -0.2) is 41.5 Å². The van der Waals surface area contributed by atoms with E-state index < -0.39 is 17.7 Å². The molecular weight excluding hydrogens is 355 g/mol. The number of piperidine rings is 1. The van der Waals surface area contributed by atoms with Gasteiger partial charge in [-0.25, -0.2) is 4.39 Å². The number of nitrogens with one attached hydrogen (secondary N) is 1. The number of carboxylic acids is 1. The third kappa shape index (κ3) is 4.51. The smallest absolute Gasteiger partial charge is 0.307 e. The standard InChI is InChI=1S/C15H18BrFN2O3/c1-9-4-10(15(21)22)7-19(6-9)8-14(20)18-13-3-2-11(16)5-12(13)17/h2-3,5,9-10H,4,6-8H2,1H3,(H,18,20)(H,21,22). The molecule has 0 aromatic heterocycles. The molecule has 5 nitrogen and oxygen atoms in total. The van der Waals surface area contributed by atoms with Crippen molar-refractivity contribution >= 4 is 33.5 Å². The van der Waals surface area contributed by atoms with Gasteiger partial charge in [0.05, 0.1) is 18.2 Å². The summed E-state index contributed by atoms with van der Waals surface area (Å²) in [6, 6.07) is 4.40. The first kappa shape index (κ1) is 16.9.